The Kier molecular flexibility index (Phi) is 9.09. The van der Waals surface area contributed by atoms with Crippen molar-refractivity contribution in [2.45, 2.75) is 49.3 Å². The number of primary amides is 1. The number of rotatable bonds is 10. The number of hydrogen-bond donors (Lipinski definition) is 4. The Labute approximate surface area is 215 Å². The fraction of sp³-hybridized carbons (Fsp3) is 0.480. The highest BCUT2D eigenvalue weighted by atomic mass is 19.4. The van der Waals surface area contributed by atoms with Gasteiger partial charge in [-0.3, -0.25) is 10.1 Å². The van der Waals surface area contributed by atoms with Crippen molar-refractivity contribution in [1.29, 1.82) is 0 Å². The lowest BCUT2D eigenvalue weighted by atomic mass is 9.76. The minimum Gasteiger partial charge on any atom is -0.372 e. The Hall–Kier alpha value is -2.71. The van der Waals surface area contributed by atoms with Gasteiger partial charge in [0.1, 0.15) is 5.54 Å². The number of alkyl halides is 6. The van der Waals surface area contributed by atoms with Gasteiger partial charge in [0.15, 0.2) is 0 Å². The first-order chi connectivity index (χ1) is 17.7. The average molecular weight is 549 g/mol. The number of halogens is 6. The number of nitrogens with two attached hydrogens (primary N) is 2. The lowest BCUT2D eigenvalue weighted by Crippen LogP contribution is -2.68. The smallest absolute Gasteiger partial charge is 0.372 e. The highest BCUT2D eigenvalue weighted by Gasteiger charge is 2.47. The summed E-state index contributed by atoms with van der Waals surface area (Å²) in [6.07, 6.45) is -10.5. The fourth-order valence-corrected chi connectivity index (χ4v) is 4.41. The topological polar surface area (TPSA) is 112 Å². The lowest BCUT2D eigenvalue weighted by molar-refractivity contribution is -0.143. The number of carbonyl (C=O) groups is 1. The van der Waals surface area contributed by atoms with Gasteiger partial charge in [-0.15, -0.1) is 0 Å². The third kappa shape index (κ3) is 6.83. The van der Waals surface area contributed by atoms with Crippen molar-refractivity contribution in [3.05, 3.63) is 70.8 Å². The van der Waals surface area contributed by atoms with Crippen LogP contribution in [0.4, 0.5) is 26.3 Å². The summed E-state index contributed by atoms with van der Waals surface area (Å²) in [6.45, 7) is 1.25. The molecule has 1 heterocycles. The molecule has 0 saturated carbocycles. The van der Waals surface area contributed by atoms with Crippen molar-refractivity contribution in [2.24, 2.45) is 11.5 Å². The Bertz CT molecular complexity index is 1050. The number of amides is 1. The second kappa shape index (κ2) is 11.6. The third-order valence-electron chi connectivity index (χ3n) is 6.79. The Morgan fingerprint density at radius 2 is 1.66 bits per heavy atom. The number of hydrogen-bond acceptors (Lipinski definition) is 6. The molecule has 1 amide bonds. The molecule has 1 aliphatic heterocycles. The van der Waals surface area contributed by atoms with Crippen LogP contribution in [0.15, 0.2) is 48.5 Å². The molecule has 3 rings (SSSR count). The van der Waals surface area contributed by atoms with E-state index in [9.17, 15) is 31.1 Å². The van der Waals surface area contributed by atoms with E-state index in [2.05, 4.69) is 10.6 Å². The van der Waals surface area contributed by atoms with Crippen LogP contribution in [0.1, 0.15) is 48.1 Å². The van der Waals surface area contributed by atoms with Crippen LogP contribution >= 0.6 is 0 Å². The monoisotopic (exact) mass is 548 g/mol. The maximum absolute atomic E-state index is 13.3. The van der Waals surface area contributed by atoms with Gasteiger partial charge in [-0.05, 0) is 49.1 Å². The summed E-state index contributed by atoms with van der Waals surface area (Å²) in [5.41, 5.74) is 6.60. The second-order valence-corrected chi connectivity index (χ2v) is 9.23. The van der Waals surface area contributed by atoms with E-state index in [1.54, 1.807) is 18.2 Å². The molecule has 2 aromatic carbocycles. The van der Waals surface area contributed by atoms with E-state index in [1.807, 2.05) is 12.1 Å². The van der Waals surface area contributed by atoms with Crippen LogP contribution in [-0.4, -0.2) is 38.1 Å². The van der Waals surface area contributed by atoms with Crippen LogP contribution in [0.2, 0.25) is 0 Å². The first-order valence-electron chi connectivity index (χ1n) is 11.8. The molecule has 6 N–H and O–H groups in total. The maximum Gasteiger partial charge on any atom is 0.416 e. The van der Waals surface area contributed by atoms with Gasteiger partial charge >= 0.3 is 12.4 Å². The molecule has 3 atom stereocenters. The van der Waals surface area contributed by atoms with Crippen LogP contribution in [0.3, 0.4) is 0 Å². The van der Waals surface area contributed by atoms with Gasteiger partial charge in [0.2, 0.25) is 5.91 Å². The maximum atomic E-state index is 13.3. The Morgan fingerprint density at radius 1 is 1.05 bits per heavy atom. The van der Waals surface area contributed by atoms with Gasteiger partial charge in [0.25, 0.3) is 0 Å². The lowest BCUT2D eigenvalue weighted by Gasteiger charge is -2.46. The fourth-order valence-electron chi connectivity index (χ4n) is 4.41. The number of carbonyl (C=O) groups excluding carboxylic acids is 1. The van der Waals surface area contributed by atoms with Crippen molar-refractivity contribution in [3.63, 3.8) is 0 Å². The zero-order valence-corrected chi connectivity index (χ0v) is 20.6. The van der Waals surface area contributed by atoms with Crippen LogP contribution in [0.5, 0.6) is 0 Å². The standard InChI is InChI=1S/C25H30F6N4O3/c1-16(17-9-19(24(26,27)28)11-20(10-17)25(29,30)31)38-13-23(18-5-3-2-4-6-18)8-7-22(12-34-23,21(33)36)35-15-37-14-32/h2-6,9-11,16,34-35H,7-8,12-15,32H2,1H3,(H2,33,36)/t16?,22-,23+/m0/s1. The number of nitrogens with one attached hydrogen (secondary N) is 2. The molecular formula is C25H30F6N4O3. The molecule has 1 unspecified atom stereocenters. The van der Waals surface area contributed by atoms with Gasteiger partial charge in [0, 0.05) is 6.54 Å². The number of ether oxygens (including phenoxy) is 2. The van der Waals surface area contributed by atoms with E-state index in [0.29, 0.717) is 18.6 Å². The number of benzene rings is 2. The summed E-state index contributed by atoms with van der Waals surface area (Å²) in [4.78, 5) is 12.3. The van der Waals surface area contributed by atoms with Gasteiger partial charge in [-0.1, -0.05) is 30.3 Å². The molecular weight excluding hydrogens is 518 g/mol. The summed E-state index contributed by atoms with van der Waals surface area (Å²) in [6, 6.07) is 10.4. The molecule has 0 aliphatic carbocycles. The predicted molar refractivity (Wildman–Crippen MR) is 126 cm³/mol. The molecule has 38 heavy (non-hydrogen) atoms. The van der Waals surface area contributed by atoms with E-state index < -0.39 is 46.6 Å². The highest BCUT2D eigenvalue weighted by Crippen LogP contribution is 2.39. The van der Waals surface area contributed by atoms with Gasteiger partial charge < -0.3 is 26.3 Å². The summed E-state index contributed by atoms with van der Waals surface area (Å²) < 4.78 is 91.0. The van der Waals surface area contributed by atoms with Crippen molar-refractivity contribution in [3.8, 4) is 0 Å². The van der Waals surface area contributed by atoms with Crippen LogP contribution in [-0.2, 0) is 32.2 Å². The van der Waals surface area contributed by atoms with E-state index in [4.69, 9.17) is 20.9 Å². The number of piperidine rings is 1. The summed E-state index contributed by atoms with van der Waals surface area (Å²) >= 11 is 0. The molecule has 2 aromatic rings. The zero-order chi connectivity index (χ0) is 28.2. The van der Waals surface area contributed by atoms with E-state index in [-0.39, 0.29) is 44.7 Å². The molecule has 0 aromatic heterocycles. The Morgan fingerprint density at radius 3 is 2.13 bits per heavy atom. The van der Waals surface area contributed by atoms with E-state index in [1.165, 1.54) is 6.92 Å². The van der Waals surface area contributed by atoms with Crippen LogP contribution in [0, 0.1) is 0 Å². The second-order valence-electron chi connectivity index (χ2n) is 9.23. The first-order valence-corrected chi connectivity index (χ1v) is 11.8. The van der Waals surface area contributed by atoms with Crippen LogP contribution < -0.4 is 22.1 Å². The largest absolute Gasteiger partial charge is 0.416 e. The minimum absolute atomic E-state index is 0.0237. The summed E-state index contributed by atoms with van der Waals surface area (Å²) in [5, 5.41) is 6.25. The SMILES string of the molecule is CC(OC[C@@]1(c2ccccc2)CC[C@@](NCOCN)(C(N)=O)CN1)c1cc(C(F)(F)F)cc(C(F)(F)F)c1. The molecule has 7 nitrogen and oxygen atoms in total. The minimum atomic E-state index is -4.97. The molecule has 210 valence electrons. The van der Waals surface area contributed by atoms with Crippen molar-refractivity contribution >= 4 is 5.91 Å². The highest BCUT2D eigenvalue weighted by molar-refractivity contribution is 5.85. The van der Waals surface area contributed by atoms with Gasteiger partial charge in [-0.25, -0.2) is 0 Å². The molecule has 0 bridgehead atoms. The molecule has 1 saturated heterocycles. The third-order valence-corrected chi connectivity index (χ3v) is 6.79. The van der Waals surface area contributed by atoms with Crippen molar-refractivity contribution in [2.75, 3.05) is 26.6 Å². The van der Waals surface area contributed by atoms with E-state index in [0.717, 1.165) is 5.56 Å². The van der Waals surface area contributed by atoms with Crippen LogP contribution in [0.25, 0.3) is 0 Å². The normalized spacial score (nSPS) is 23.3. The molecule has 0 radical (unpaired) electrons. The van der Waals surface area contributed by atoms with E-state index >= 15 is 0 Å². The van der Waals surface area contributed by atoms with Crippen molar-refractivity contribution < 1.29 is 40.6 Å². The van der Waals surface area contributed by atoms with Gasteiger partial charge in [-0.2, -0.15) is 26.3 Å². The summed E-state index contributed by atoms with van der Waals surface area (Å²) in [5.74, 6) is -0.620. The Balaban J connectivity index is 1.87. The first kappa shape index (κ1) is 29.8. The zero-order valence-electron chi connectivity index (χ0n) is 20.6. The average Bonchev–Trinajstić information content (AvgIpc) is 2.87. The molecule has 13 heteroatoms. The predicted octanol–water partition coefficient (Wildman–Crippen LogP) is 3.78. The molecule has 1 aliphatic rings. The molecule has 1 fully saturated rings. The van der Waals surface area contributed by atoms with Gasteiger partial charge in [0.05, 0.1) is 42.8 Å². The quantitative estimate of drug-likeness (QED) is 0.204. The molecule has 0 spiro atoms. The van der Waals surface area contributed by atoms with Crippen molar-refractivity contribution in [1.82, 2.24) is 10.6 Å². The summed E-state index contributed by atoms with van der Waals surface area (Å²) in [7, 11) is 0.